The molecule has 1 amide bonds. The molecule has 0 aromatic heterocycles. The fourth-order valence-electron chi connectivity index (χ4n) is 2.09. The fraction of sp³-hybridized carbons (Fsp3) is 0.235. The minimum atomic E-state index is -3.13. The van der Waals surface area contributed by atoms with Gasteiger partial charge in [-0.2, -0.15) is 0 Å². The molecule has 22 heavy (non-hydrogen) atoms. The molecule has 0 aliphatic heterocycles. The van der Waals surface area contributed by atoms with Gasteiger partial charge in [-0.05, 0) is 23.3 Å². The SMILES string of the molecule is CN(C(=O)CCS(C)(=O)=O)c1ccc(-c2ccccc2)cc1. The van der Waals surface area contributed by atoms with Crippen molar-refractivity contribution in [3.8, 4) is 11.1 Å². The number of carbonyl (C=O) groups excluding carboxylic acids is 1. The van der Waals surface area contributed by atoms with Crippen LogP contribution in [0.3, 0.4) is 0 Å². The number of benzene rings is 2. The smallest absolute Gasteiger partial charge is 0.227 e. The van der Waals surface area contributed by atoms with Crippen LogP contribution < -0.4 is 4.90 Å². The Morgan fingerprint density at radius 1 is 0.955 bits per heavy atom. The van der Waals surface area contributed by atoms with Crippen molar-refractivity contribution in [3.05, 3.63) is 54.6 Å². The first-order valence-electron chi connectivity index (χ1n) is 6.96. The third kappa shape index (κ3) is 4.43. The van der Waals surface area contributed by atoms with Crippen LogP contribution in [0.4, 0.5) is 5.69 Å². The van der Waals surface area contributed by atoms with Crippen LogP contribution in [0.1, 0.15) is 6.42 Å². The van der Waals surface area contributed by atoms with Crippen molar-refractivity contribution >= 4 is 21.4 Å². The topological polar surface area (TPSA) is 54.5 Å². The Morgan fingerprint density at radius 2 is 1.50 bits per heavy atom. The first-order valence-corrected chi connectivity index (χ1v) is 9.02. The van der Waals surface area contributed by atoms with Gasteiger partial charge in [0.25, 0.3) is 0 Å². The summed E-state index contributed by atoms with van der Waals surface area (Å²) in [6.07, 6.45) is 1.13. The van der Waals surface area contributed by atoms with Crippen molar-refractivity contribution < 1.29 is 13.2 Å². The first kappa shape index (κ1) is 16.2. The normalized spacial score (nSPS) is 11.2. The Balaban J connectivity index is 2.08. The van der Waals surface area contributed by atoms with E-state index in [1.807, 2.05) is 54.6 Å². The van der Waals surface area contributed by atoms with Gasteiger partial charge in [0, 0.05) is 25.4 Å². The summed E-state index contributed by atoms with van der Waals surface area (Å²) in [6, 6.07) is 17.6. The Kier molecular flexibility index (Phi) is 4.98. The Hall–Kier alpha value is -2.14. The maximum atomic E-state index is 12.0. The predicted molar refractivity (Wildman–Crippen MR) is 89.6 cm³/mol. The summed E-state index contributed by atoms with van der Waals surface area (Å²) in [4.78, 5) is 13.5. The quantitative estimate of drug-likeness (QED) is 0.852. The van der Waals surface area contributed by atoms with E-state index < -0.39 is 9.84 Å². The molecule has 0 aliphatic rings. The summed E-state index contributed by atoms with van der Waals surface area (Å²) in [6.45, 7) is 0. The molecule has 0 heterocycles. The standard InChI is InChI=1S/C17H19NO3S/c1-18(17(19)12-13-22(2,20)21)16-10-8-15(9-11-16)14-6-4-3-5-7-14/h3-11H,12-13H2,1-2H3. The second-order valence-electron chi connectivity index (χ2n) is 5.25. The van der Waals surface area contributed by atoms with Crippen molar-refractivity contribution in [2.45, 2.75) is 6.42 Å². The lowest BCUT2D eigenvalue weighted by atomic mass is 10.1. The van der Waals surface area contributed by atoms with Crippen LogP contribution in [0, 0.1) is 0 Å². The van der Waals surface area contributed by atoms with Crippen molar-refractivity contribution in [1.29, 1.82) is 0 Å². The summed E-state index contributed by atoms with van der Waals surface area (Å²) in [7, 11) is -1.47. The van der Waals surface area contributed by atoms with Gasteiger partial charge in [-0.15, -0.1) is 0 Å². The van der Waals surface area contributed by atoms with Gasteiger partial charge in [-0.25, -0.2) is 8.42 Å². The van der Waals surface area contributed by atoms with Crippen LogP contribution in [-0.4, -0.2) is 33.4 Å². The van der Waals surface area contributed by atoms with Gasteiger partial charge in [-0.3, -0.25) is 4.79 Å². The number of amides is 1. The largest absolute Gasteiger partial charge is 0.315 e. The van der Waals surface area contributed by atoms with Crippen molar-refractivity contribution in [1.82, 2.24) is 0 Å². The van der Waals surface area contributed by atoms with E-state index in [9.17, 15) is 13.2 Å². The van der Waals surface area contributed by atoms with Crippen LogP contribution >= 0.6 is 0 Å². The Labute approximate surface area is 131 Å². The zero-order valence-corrected chi connectivity index (χ0v) is 13.5. The predicted octanol–water partition coefficient (Wildman–Crippen LogP) is 2.75. The molecule has 2 aromatic rings. The monoisotopic (exact) mass is 317 g/mol. The third-order valence-corrected chi connectivity index (χ3v) is 4.37. The number of nitrogens with zero attached hydrogens (tertiary/aromatic N) is 1. The van der Waals surface area contributed by atoms with Crippen LogP contribution in [0.5, 0.6) is 0 Å². The number of carbonyl (C=O) groups is 1. The summed E-state index contributed by atoms with van der Waals surface area (Å²) in [5.41, 5.74) is 2.93. The molecule has 0 unspecified atom stereocenters. The number of sulfone groups is 1. The highest BCUT2D eigenvalue weighted by Crippen LogP contribution is 2.22. The van der Waals surface area contributed by atoms with Crippen molar-refractivity contribution in [2.24, 2.45) is 0 Å². The van der Waals surface area contributed by atoms with E-state index in [2.05, 4.69) is 0 Å². The number of hydrogen-bond acceptors (Lipinski definition) is 3. The maximum Gasteiger partial charge on any atom is 0.227 e. The van der Waals surface area contributed by atoms with Crippen LogP contribution in [-0.2, 0) is 14.6 Å². The van der Waals surface area contributed by atoms with E-state index in [-0.39, 0.29) is 18.1 Å². The molecule has 2 aromatic carbocycles. The van der Waals surface area contributed by atoms with E-state index >= 15 is 0 Å². The van der Waals surface area contributed by atoms with Crippen molar-refractivity contribution in [3.63, 3.8) is 0 Å². The van der Waals surface area contributed by atoms with E-state index in [0.29, 0.717) is 0 Å². The molecule has 116 valence electrons. The van der Waals surface area contributed by atoms with Crippen LogP contribution in [0.15, 0.2) is 54.6 Å². The van der Waals surface area contributed by atoms with Gasteiger partial charge in [0.05, 0.1) is 5.75 Å². The zero-order chi connectivity index (χ0) is 16.2. The third-order valence-electron chi connectivity index (χ3n) is 3.42. The zero-order valence-electron chi connectivity index (χ0n) is 12.7. The van der Waals surface area contributed by atoms with Gasteiger partial charge in [0.1, 0.15) is 9.84 Å². The summed E-state index contributed by atoms with van der Waals surface area (Å²) < 4.78 is 22.3. The highest BCUT2D eigenvalue weighted by Gasteiger charge is 2.13. The van der Waals surface area contributed by atoms with Gasteiger partial charge in [0.2, 0.25) is 5.91 Å². The average molecular weight is 317 g/mol. The summed E-state index contributed by atoms with van der Waals surface area (Å²) in [5, 5.41) is 0. The van der Waals surface area contributed by atoms with Gasteiger partial charge in [-0.1, -0.05) is 42.5 Å². The van der Waals surface area contributed by atoms with Crippen LogP contribution in [0.2, 0.25) is 0 Å². The molecule has 0 fully saturated rings. The highest BCUT2D eigenvalue weighted by molar-refractivity contribution is 7.90. The van der Waals surface area contributed by atoms with E-state index in [4.69, 9.17) is 0 Å². The van der Waals surface area contributed by atoms with E-state index in [1.54, 1.807) is 7.05 Å². The van der Waals surface area contributed by atoms with E-state index in [1.165, 1.54) is 4.90 Å². The molecule has 0 saturated heterocycles. The summed E-state index contributed by atoms with van der Waals surface area (Å²) in [5.74, 6) is -0.337. The molecule has 2 rings (SSSR count). The molecule has 0 atom stereocenters. The molecule has 0 N–H and O–H groups in total. The number of anilines is 1. The lowest BCUT2D eigenvalue weighted by Crippen LogP contribution is -2.27. The molecule has 4 nitrogen and oxygen atoms in total. The van der Waals surface area contributed by atoms with Crippen LogP contribution in [0.25, 0.3) is 11.1 Å². The molecular weight excluding hydrogens is 298 g/mol. The first-order chi connectivity index (χ1) is 10.4. The van der Waals surface area contributed by atoms with Gasteiger partial charge < -0.3 is 4.90 Å². The average Bonchev–Trinajstić information content (AvgIpc) is 2.52. The van der Waals surface area contributed by atoms with Crippen molar-refractivity contribution in [2.75, 3.05) is 24.0 Å². The van der Waals surface area contributed by atoms with E-state index in [0.717, 1.165) is 23.1 Å². The molecule has 0 saturated carbocycles. The minimum absolute atomic E-state index is 0.00420. The molecule has 5 heteroatoms. The molecule has 0 spiro atoms. The Morgan fingerprint density at radius 3 is 2.05 bits per heavy atom. The molecule has 0 bridgehead atoms. The highest BCUT2D eigenvalue weighted by atomic mass is 32.2. The molecular formula is C17H19NO3S. The lowest BCUT2D eigenvalue weighted by Gasteiger charge is -2.17. The second-order valence-corrected chi connectivity index (χ2v) is 7.51. The fourth-order valence-corrected chi connectivity index (χ4v) is 2.64. The molecule has 0 aliphatic carbocycles. The minimum Gasteiger partial charge on any atom is -0.315 e. The maximum absolute atomic E-state index is 12.0. The second kappa shape index (κ2) is 6.75. The van der Waals surface area contributed by atoms with Gasteiger partial charge >= 0.3 is 0 Å². The number of hydrogen-bond donors (Lipinski definition) is 0. The summed E-state index contributed by atoms with van der Waals surface area (Å²) >= 11 is 0. The molecule has 0 radical (unpaired) electrons. The lowest BCUT2D eigenvalue weighted by molar-refractivity contribution is -0.117. The number of rotatable bonds is 5. The van der Waals surface area contributed by atoms with Gasteiger partial charge in [0.15, 0.2) is 0 Å². The Bertz CT molecular complexity index is 737.